The van der Waals surface area contributed by atoms with E-state index in [1.165, 1.54) is 0 Å². The summed E-state index contributed by atoms with van der Waals surface area (Å²) >= 11 is 0. The van der Waals surface area contributed by atoms with Gasteiger partial charge in [-0.05, 0) is 13.8 Å². The fourth-order valence-corrected chi connectivity index (χ4v) is 1.72. The summed E-state index contributed by atoms with van der Waals surface area (Å²) in [6.45, 7) is 5.41. The number of aromatic nitrogens is 3. The van der Waals surface area contributed by atoms with Crippen molar-refractivity contribution in [1.82, 2.24) is 14.4 Å². The second kappa shape index (κ2) is 5.68. The summed E-state index contributed by atoms with van der Waals surface area (Å²) in [4.78, 5) is 8.78. The first-order valence-corrected chi connectivity index (χ1v) is 6.10. The van der Waals surface area contributed by atoms with Crippen molar-refractivity contribution in [2.45, 2.75) is 19.9 Å². The van der Waals surface area contributed by atoms with Gasteiger partial charge in [-0.2, -0.15) is 0 Å². The lowest BCUT2D eigenvalue weighted by molar-refractivity contribution is 0.141. The van der Waals surface area contributed by atoms with Crippen molar-refractivity contribution in [3.63, 3.8) is 0 Å². The molecule has 2 N–H and O–H groups in total. The van der Waals surface area contributed by atoms with Crippen LogP contribution in [0.3, 0.4) is 0 Å². The van der Waals surface area contributed by atoms with Crippen LogP contribution in [0.25, 0.3) is 5.65 Å². The molecule has 1 atom stereocenters. The summed E-state index contributed by atoms with van der Waals surface area (Å²) in [6.07, 6.45) is 5.56. The van der Waals surface area contributed by atoms with Gasteiger partial charge in [-0.15, -0.1) is 0 Å². The van der Waals surface area contributed by atoms with E-state index in [1.807, 2.05) is 30.8 Å². The molecule has 1 unspecified atom stereocenters. The Kier molecular flexibility index (Phi) is 3.99. The summed E-state index contributed by atoms with van der Waals surface area (Å²) < 4.78 is 7.32. The third kappa shape index (κ3) is 2.70. The Balaban J connectivity index is 2.22. The van der Waals surface area contributed by atoms with Gasteiger partial charge < -0.3 is 19.8 Å². The lowest BCUT2D eigenvalue weighted by Crippen LogP contribution is -2.23. The van der Waals surface area contributed by atoms with Gasteiger partial charge in [-0.3, -0.25) is 0 Å². The second-order valence-electron chi connectivity index (χ2n) is 4.09. The monoisotopic (exact) mass is 249 g/mol. The molecule has 0 aliphatic heterocycles. The van der Waals surface area contributed by atoms with Crippen molar-refractivity contribution in [2.24, 2.45) is 0 Å². The van der Waals surface area contributed by atoms with E-state index in [0.717, 1.165) is 23.9 Å². The van der Waals surface area contributed by atoms with Crippen LogP contribution >= 0.6 is 0 Å². The van der Waals surface area contributed by atoms with Gasteiger partial charge in [0.15, 0.2) is 11.5 Å². The standard InChI is InChI=1S/C12H19N5O/c1-4-18-8-9(2)15-11-12-14-5-6-17(12)7-10(13-3)16-11/h5-7,9,13H,4,8H2,1-3H3,(H,15,16). The van der Waals surface area contributed by atoms with Crippen LogP contribution in [-0.2, 0) is 4.74 Å². The van der Waals surface area contributed by atoms with Gasteiger partial charge in [-0.1, -0.05) is 0 Å². The van der Waals surface area contributed by atoms with Gasteiger partial charge in [0, 0.05) is 32.1 Å². The van der Waals surface area contributed by atoms with Crippen molar-refractivity contribution in [1.29, 1.82) is 0 Å². The minimum atomic E-state index is 0.185. The molecule has 2 heterocycles. The number of imidazole rings is 1. The molecule has 0 radical (unpaired) electrons. The molecule has 0 amide bonds. The Morgan fingerprint density at radius 1 is 1.50 bits per heavy atom. The molecule has 0 saturated carbocycles. The maximum atomic E-state index is 5.38. The van der Waals surface area contributed by atoms with Gasteiger partial charge in [0.1, 0.15) is 5.82 Å². The SMILES string of the molecule is CCOCC(C)Nc1nc(NC)cn2ccnc12. The van der Waals surface area contributed by atoms with Crippen molar-refractivity contribution < 1.29 is 4.74 Å². The number of fused-ring (bicyclic) bond motifs is 1. The van der Waals surface area contributed by atoms with Crippen LogP contribution in [0.2, 0.25) is 0 Å². The Labute approximate surface area is 106 Å². The second-order valence-corrected chi connectivity index (χ2v) is 4.09. The summed E-state index contributed by atoms with van der Waals surface area (Å²) in [5.74, 6) is 1.56. The van der Waals surface area contributed by atoms with Gasteiger partial charge in [0.2, 0.25) is 0 Å². The van der Waals surface area contributed by atoms with E-state index >= 15 is 0 Å². The summed E-state index contributed by atoms with van der Waals surface area (Å²) in [6, 6.07) is 0.185. The van der Waals surface area contributed by atoms with Crippen LogP contribution in [0.5, 0.6) is 0 Å². The van der Waals surface area contributed by atoms with E-state index in [1.54, 1.807) is 6.20 Å². The molecule has 18 heavy (non-hydrogen) atoms. The number of nitrogens with zero attached hydrogens (tertiary/aromatic N) is 3. The van der Waals surface area contributed by atoms with Crippen LogP contribution < -0.4 is 10.6 Å². The smallest absolute Gasteiger partial charge is 0.180 e. The van der Waals surface area contributed by atoms with Crippen LogP contribution in [0.1, 0.15) is 13.8 Å². The first-order valence-electron chi connectivity index (χ1n) is 6.10. The normalized spacial score (nSPS) is 12.6. The fraction of sp³-hybridized carbons (Fsp3) is 0.500. The minimum absolute atomic E-state index is 0.185. The van der Waals surface area contributed by atoms with E-state index in [-0.39, 0.29) is 6.04 Å². The Morgan fingerprint density at radius 3 is 3.06 bits per heavy atom. The molecule has 0 aliphatic carbocycles. The average Bonchev–Trinajstić information content (AvgIpc) is 2.84. The lowest BCUT2D eigenvalue weighted by atomic mass is 10.3. The quantitative estimate of drug-likeness (QED) is 0.814. The van der Waals surface area contributed by atoms with Crippen molar-refractivity contribution in [3.8, 4) is 0 Å². The van der Waals surface area contributed by atoms with Crippen molar-refractivity contribution >= 4 is 17.3 Å². The predicted octanol–water partition coefficient (Wildman–Crippen LogP) is 1.61. The van der Waals surface area contributed by atoms with Crippen molar-refractivity contribution in [3.05, 3.63) is 18.6 Å². The highest BCUT2D eigenvalue weighted by atomic mass is 16.5. The zero-order valence-corrected chi connectivity index (χ0v) is 11.0. The van der Waals surface area contributed by atoms with E-state index < -0.39 is 0 Å². The van der Waals surface area contributed by atoms with E-state index in [4.69, 9.17) is 4.74 Å². The first kappa shape index (κ1) is 12.6. The van der Waals surface area contributed by atoms with E-state index in [9.17, 15) is 0 Å². The number of anilines is 2. The molecule has 2 aromatic rings. The van der Waals surface area contributed by atoms with Gasteiger partial charge in [-0.25, -0.2) is 9.97 Å². The molecule has 0 saturated heterocycles. The maximum Gasteiger partial charge on any atom is 0.180 e. The first-order chi connectivity index (χ1) is 8.74. The zero-order chi connectivity index (χ0) is 13.0. The van der Waals surface area contributed by atoms with Crippen LogP contribution in [0, 0.1) is 0 Å². The Morgan fingerprint density at radius 2 is 2.33 bits per heavy atom. The molecular weight excluding hydrogens is 230 g/mol. The zero-order valence-electron chi connectivity index (χ0n) is 11.0. The number of ether oxygens (including phenoxy) is 1. The third-order valence-electron chi connectivity index (χ3n) is 2.59. The van der Waals surface area contributed by atoms with Gasteiger partial charge in [0.05, 0.1) is 12.8 Å². The van der Waals surface area contributed by atoms with Crippen molar-refractivity contribution in [2.75, 3.05) is 30.9 Å². The fourth-order valence-electron chi connectivity index (χ4n) is 1.72. The predicted molar refractivity (Wildman–Crippen MR) is 72.1 cm³/mol. The molecule has 0 aliphatic rings. The van der Waals surface area contributed by atoms with E-state index in [2.05, 4.69) is 27.5 Å². The highest BCUT2D eigenvalue weighted by Gasteiger charge is 2.09. The van der Waals surface area contributed by atoms with Crippen LogP contribution in [0.15, 0.2) is 18.6 Å². The molecule has 2 rings (SSSR count). The molecule has 6 nitrogen and oxygen atoms in total. The molecule has 0 fully saturated rings. The summed E-state index contributed by atoms with van der Waals surface area (Å²) in [5.41, 5.74) is 0.817. The minimum Gasteiger partial charge on any atom is -0.380 e. The molecule has 0 bridgehead atoms. The highest BCUT2D eigenvalue weighted by Crippen LogP contribution is 2.16. The third-order valence-corrected chi connectivity index (χ3v) is 2.59. The number of hydrogen-bond donors (Lipinski definition) is 2. The number of hydrogen-bond acceptors (Lipinski definition) is 5. The molecular formula is C12H19N5O. The largest absolute Gasteiger partial charge is 0.380 e. The molecule has 0 spiro atoms. The molecule has 98 valence electrons. The Bertz CT molecular complexity index is 510. The lowest BCUT2D eigenvalue weighted by Gasteiger charge is -2.15. The van der Waals surface area contributed by atoms with Crippen LogP contribution in [-0.4, -0.2) is 40.7 Å². The molecule has 2 aromatic heterocycles. The average molecular weight is 249 g/mol. The number of rotatable bonds is 6. The van der Waals surface area contributed by atoms with Gasteiger partial charge >= 0.3 is 0 Å². The highest BCUT2D eigenvalue weighted by molar-refractivity contribution is 5.65. The summed E-state index contributed by atoms with van der Waals surface area (Å²) in [5, 5.41) is 6.36. The number of nitrogens with one attached hydrogen (secondary N) is 2. The molecule has 6 heteroatoms. The maximum absolute atomic E-state index is 5.38. The summed E-state index contributed by atoms with van der Waals surface area (Å²) in [7, 11) is 1.85. The van der Waals surface area contributed by atoms with E-state index in [0.29, 0.717) is 6.61 Å². The molecule has 0 aromatic carbocycles. The van der Waals surface area contributed by atoms with Crippen LogP contribution in [0.4, 0.5) is 11.6 Å². The Hall–Kier alpha value is -1.82. The van der Waals surface area contributed by atoms with Gasteiger partial charge in [0.25, 0.3) is 0 Å². The topological polar surface area (TPSA) is 63.5 Å².